The molecule has 1 aliphatic rings. The summed E-state index contributed by atoms with van der Waals surface area (Å²) in [6.45, 7) is 0.600. The Bertz CT molecular complexity index is 724. The van der Waals surface area contributed by atoms with Crippen molar-refractivity contribution in [1.82, 2.24) is 14.9 Å². The first kappa shape index (κ1) is 12.8. The standard InChI is InChI=1S/C12H11BrFN3OS/c13-7-3-10-9(4-8(7)14)16-12(19)17(10)5-6-1-2-11(18)15-6/h3-4,6H,1-2,5H2,(H,15,18)(H,16,19). The van der Waals surface area contributed by atoms with E-state index < -0.39 is 0 Å². The average Bonchev–Trinajstić information content (AvgIpc) is 2.87. The van der Waals surface area contributed by atoms with Gasteiger partial charge in [-0.2, -0.15) is 0 Å². The zero-order valence-corrected chi connectivity index (χ0v) is 12.3. The Balaban J connectivity index is 2.03. The van der Waals surface area contributed by atoms with Crippen molar-refractivity contribution in [3.05, 3.63) is 27.2 Å². The van der Waals surface area contributed by atoms with Gasteiger partial charge in [0.15, 0.2) is 4.77 Å². The lowest BCUT2D eigenvalue weighted by Crippen LogP contribution is -2.29. The monoisotopic (exact) mass is 343 g/mol. The van der Waals surface area contributed by atoms with E-state index in [1.807, 2.05) is 4.57 Å². The van der Waals surface area contributed by atoms with E-state index in [4.69, 9.17) is 12.2 Å². The molecule has 0 saturated carbocycles. The molecule has 2 heterocycles. The molecule has 100 valence electrons. The van der Waals surface area contributed by atoms with Crippen LogP contribution >= 0.6 is 28.1 Å². The summed E-state index contributed by atoms with van der Waals surface area (Å²) < 4.78 is 16.3. The number of fused-ring (bicyclic) bond motifs is 1. The fraction of sp³-hybridized carbons (Fsp3) is 0.333. The Morgan fingerprint density at radius 1 is 1.53 bits per heavy atom. The van der Waals surface area contributed by atoms with Crippen molar-refractivity contribution >= 4 is 45.1 Å². The van der Waals surface area contributed by atoms with Crippen LogP contribution in [-0.4, -0.2) is 21.5 Å². The maximum Gasteiger partial charge on any atom is 0.220 e. The van der Waals surface area contributed by atoms with Crippen molar-refractivity contribution in [2.45, 2.75) is 25.4 Å². The average molecular weight is 344 g/mol. The summed E-state index contributed by atoms with van der Waals surface area (Å²) in [5, 5.41) is 2.90. The molecule has 1 atom stereocenters. The molecule has 1 fully saturated rings. The third-order valence-corrected chi connectivity index (χ3v) is 4.23. The first-order valence-corrected chi connectivity index (χ1v) is 7.11. The van der Waals surface area contributed by atoms with Crippen LogP contribution in [0.3, 0.4) is 0 Å². The maximum atomic E-state index is 13.5. The SMILES string of the molecule is O=C1CCC(Cn2c(=S)[nH]c3cc(F)c(Br)cc32)N1. The van der Waals surface area contributed by atoms with E-state index in [9.17, 15) is 9.18 Å². The number of amides is 1. The first-order valence-electron chi connectivity index (χ1n) is 5.91. The minimum absolute atomic E-state index is 0.0728. The van der Waals surface area contributed by atoms with Gasteiger partial charge in [0.1, 0.15) is 5.82 Å². The molecule has 1 aromatic heterocycles. The number of nitrogens with one attached hydrogen (secondary N) is 2. The number of aromatic amines is 1. The van der Waals surface area contributed by atoms with Gasteiger partial charge in [-0.05, 0) is 40.6 Å². The molecule has 1 aliphatic heterocycles. The van der Waals surface area contributed by atoms with Gasteiger partial charge in [0.2, 0.25) is 5.91 Å². The van der Waals surface area contributed by atoms with Crippen LogP contribution in [-0.2, 0) is 11.3 Å². The molecule has 1 saturated heterocycles. The third kappa shape index (κ3) is 2.32. The van der Waals surface area contributed by atoms with Crippen LogP contribution in [0.1, 0.15) is 12.8 Å². The number of halogens is 2. The summed E-state index contributed by atoms with van der Waals surface area (Å²) in [7, 11) is 0. The summed E-state index contributed by atoms with van der Waals surface area (Å²) in [6, 6.07) is 3.20. The van der Waals surface area contributed by atoms with Crippen molar-refractivity contribution in [3.8, 4) is 0 Å². The van der Waals surface area contributed by atoms with E-state index in [2.05, 4.69) is 26.2 Å². The summed E-state index contributed by atoms with van der Waals surface area (Å²) in [5.74, 6) is -0.256. The van der Waals surface area contributed by atoms with Crippen LogP contribution in [0, 0.1) is 10.6 Å². The van der Waals surface area contributed by atoms with E-state index in [-0.39, 0.29) is 17.8 Å². The lowest BCUT2D eigenvalue weighted by atomic mass is 10.2. The number of hydrogen-bond donors (Lipinski definition) is 2. The zero-order valence-electron chi connectivity index (χ0n) is 9.87. The molecule has 0 aliphatic carbocycles. The number of H-pyrrole nitrogens is 1. The van der Waals surface area contributed by atoms with E-state index in [0.29, 0.717) is 27.7 Å². The Labute approximate surface area is 122 Å². The van der Waals surface area contributed by atoms with Gasteiger partial charge in [-0.25, -0.2) is 4.39 Å². The largest absolute Gasteiger partial charge is 0.352 e. The number of rotatable bonds is 2. The molecule has 2 aromatic rings. The quantitative estimate of drug-likeness (QED) is 0.823. The molecule has 1 unspecified atom stereocenters. The smallest absolute Gasteiger partial charge is 0.220 e. The molecule has 4 nitrogen and oxygen atoms in total. The van der Waals surface area contributed by atoms with Gasteiger partial charge in [-0.15, -0.1) is 0 Å². The third-order valence-electron chi connectivity index (χ3n) is 3.30. The molecule has 0 radical (unpaired) electrons. The fourth-order valence-corrected chi connectivity index (χ4v) is 2.98. The number of benzene rings is 1. The first-order chi connectivity index (χ1) is 9.04. The van der Waals surface area contributed by atoms with Gasteiger partial charge >= 0.3 is 0 Å². The second-order valence-corrected chi connectivity index (χ2v) is 5.87. The number of nitrogens with zero attached hydrogens (tertiary/aromatic N) is 1. The van der Waals surface area contributed by atoms with Gasteiger partial charge in [-0.3, -0.25) is 4.79 Å². The summed E-state index contributed by atoms with van der Waals surface area (Å²) in [5.41, 5.74) is 1.49. The second-order valence-electron chi connectivity index (χ2n) is 4.63. The van der Waals surface area contributed by atoms with Gasteiger partial charge < -0.3 is 14.9 Å². The predicted molar refractivity (Wildman–Crippen MR) is 75.9 cm³/mol. The van der Waals surface area contributed by atoms with E-state index in [0.717, 1.165) is 11.9 Å². The van der Waals surface area contributed by atoms with Crippen molar-refractivity contribution < 1.29 is 9.18 Å². The zero-order chi connectivity index (χ0) is 13.6. The van der Waals surface area contributed by atoms with Gasteiger partial charge in [0.25, 0.3) is 0 Å². The lowest BCUT2D eigenvalue weighted by Gasteiger charge is -2.11. The van der Waals surface area contributed by atoms with Crippen LogP contribution in [0.2, 0.25) is 0 Å². The summed E-state index contributed by atoms with van der Waals surface area (Å²) in [4.78, 5) is 14.2. The highest BCUT2D eigenvalue weighted by Gasteiger charge is 2.22. The minimum Gasteiger partial charge on any atom is -0.352 e. The highest BCUT2D eigenvalue weighted by atomic mass is 79.9. The molecule has 0 spiro atoms. The van der Waals surface area contributed by atoms with Crippen molar-refractivity contribution in [3.63, 3.8) is 0 Å². The molecule has 0 bridgehead atoms. The Kier molecular flexibility index (Phi) is 3.18. The van der Waals surface area contributed by atoms with Crippen molar-refractivity contribution in [2.75, 3.05) is 0 Å². The number of aromatic nitrogens is 2. The Morgan fingerprint density at radius 3 is 3.00 bits per heavy atom. The van der Waals surface area contributed by atoms with E-state index in [1.54, 1.807) is 6.07 Å². The lowest BCUT2D eigenvalue weighted by molar-refractivity contribution is -0.119. The molecule has 1 amide bonds. The molecular formula is C12H11BrFN3OS. The maximum absolute atomic E-state index is 13.5. The number of carbonyl (C=O) groups is 1. The molecule has 7 heteroatoms. The van der Waals surface area contributed by atoms with Gasteiger partial charge in [-0.1, -0.05) is 0 Å². The Hall–Kier alpha value is -1.21. The predicted octanol–water partition coefficient (Wildman–Crippen LogP) is 2.88. The molecule has 2 N–H and O–H groups in total. The van der Waals surface area contributed by atoms with E-state index >= 15 is 0 Å². The molecule has 1 aromatic carbocycles. The highest BCUT2D eigenvalue weighted by Crippen LogP contribution is 2.24. The number of hydrogen-bond acceptors (Lipinski definition) is 2. The topological polar surface area (TPSA) is 49.8 Å². The van der Waals surface area contributed by atoms with E-state index in [1.165, 1.54) is 6.07 Å². The van der Waals surface area contributed by atoms with Crippen LogP contribution in [0.4, 0.5) is 4.39 Å². The van der Waals surface area contributed by atoms with Crippen molar-refractivity contribution in [1.29, 1.82) is 0 Å². The van der Waals surface area contributed by atoms with Gasteiger partial charge in [0, 0.05) is 25.1 Å². The van der Waals surface area contributed by atoms with Crippen LogP contribution in [0.5, 0.6) is 0 Å². The Morgan fingerprint density at radius 2 is 2.32 bits per heavy atom. The highest BCUT2D eigenvalue weighted by molar-refractivity contribution is 9.10. The normalized spacial score (nSPS) is 19.1. The van der Waals surface area contributed by atoms with Gasteiger partial charge in [0.05, 0.1) is 15.5 Å². The van der Waals surface area contributed by atoms with Crippen LogP contribution < -0.4 is 5.32 Å². The number of carbonyl (C=O) groups excluding carboxylic acids is 1. The minimum atomic E-state index is -0.329. The molecule has 3 rings (SSSR count). The van der Waals surface area contributed by atoms with Crippen molar-refractivity contribution in [2.24, 2.45) is 0 Å². The summed E-state index contributed by atoms with van der Waals surface area (Å²) >= 11 is 8.44. The second kappa shape index (κ2) is 4.72. The number of imidazole rings is 1. The van der Waals surface area contributed by atoms with Crippen LogP contribution in [0.15, 0.2) is 16.6 Å². The molecule has 19 heavy (non-hydrogen) atoms. The van der Waals surface area contributed by atoms with Crippen LogP contribution in [0.25, 0.3) is 11.0 Å². The molecular weight excluding hydrogens is 333 g/mol. The fourth-order valence-electron chi connectivity index (χ4n) is 2.37. The summed E-state index contributed by atoms with van der Waals surface area (Å²) in [6.07, 6.45) is 1.36.